The highest BCUT2D eigenvalue weighted by molar-refractivity contribution is 7.98. The lowest BCUT2D eigenvalue weighted by atomic mass is 10.3. The predicted octanol–water partition coefficient (Wildman–Crippen LogP) is 4.04. The van der Waals surface area contributed by atoms with Gasteiger partial charge in [-0.2, -0.15) is 0 Å². The van der Waals surface area contributed by atoms with Crippen molar-refractivity contribution >= 4 is 23.5 Å². The van der Waals surface area contributed by atoms with Gasteiger partial charge in [0.05, 0.1) is 14.2 Å². The Balaban J connectivity index is 2.11. The normalized spacial score (nSPS) is 9.95. The molecule has 0 aromatic heterocycles. The van der Waals surface area contributed by atoms with E-state index < -0.39 is 6.09 Å². The van der Waals surface area contributed by atoms with E-state index in [4.69, 9.17) is 14.2 Å². The first-order chi connectivity index (χ1) is 10.7. The highest BCUT2D eigenvalue weighted by Gasteiger charge is 2.15. The number of carbonyl (C=O) groups excluding carboxylic acids is 1. The molecule has 0 aliphatic carbocycles. The molecule has 5 nitrogen and oxygen atoms in total. The summed E-state index contributed by atoms with van der Waals surface area (Å²) in [7, 11) is 3.00. The molecular weight excluding hydrogens is 302 g/mol. The van der Waals surface area contributed by atoms with E-state index in [1.165, 1.54) is 14.2 Å². The van der Waals surface area contributed by atoms with E-state index in [0.29, 0.717) is 17.2 Å². The minimum absolute atomic E-state index is 0.241. The number of para-hydroxylation sites is 1. The van der Waals surface area contributed by atoms with Crippen LogP contribution in [-0.2, 0) is 0 Å². The van der Waals surface area contributed by atoms with E-state index in [1.807, 2.05) is 30.5 Å². The van der Waals surface area contributed by atoms with Crippen molar-refractivity contribution in [1.82, 2.24) is 0 Å². The van der Waals surface area contributed by atoms with Crippen molar-refractivity contribution < 1.29 is 19.0 Å². The predicted molar refractivity (Wildman–Crippen MR) is 87.4 cm³/mol. The number of anilines is 1. The van der Waals surface area contributed by atoms with Gasteiger partial charge in [-0.05, 0) is 42.7 Å². The van der Waals surface area contributed by atoms with E-state index in [1.54, 1.807) is 30.0 Å². The van der Waals surface area contributed by atoms with E-state index in [2.05, 4.69) is 5.32 Å². The summed E-state index contributed by atoms with van der Waals surface area (Å²) in [6.07, 6.45) is 1.38. The largest absolute Gasteiger partial charge is 0.493 e. The van der Waals surface area contributed by atoms with Crippen molar-refractivity contribution in [3.63, 3.8) is 0 Å². The highest BCUT2D eigenvalue weighted by Crippen LogP contribution is 2.36. The van der Waals surface area contributed by atoms with Crippen LogP contribution in [0.3, 0.4) is 0 Å². The summed E-state index contributed by atoms with van der Waals surface area (Å²) in [4.78, 5) is 13.1. The number of hydrogen-bond donors (Lipinski definition) is 1. The van der Waals surface area contributed by atoms with Crippen LogP contribution < -0.4 is 19.5 Å². The molecule has 2 aromatic rings. The van der Waals surface area contributed by atoms with Crippen molar-refractivity contribution in [2.45, 2.75) is 4.90 Å². The van der Waals surface area contributed by atoms with Gasteiger partial charge in [0.1, 0.15) is 0 Å². The molecule has 0 saturated carbocycles. The van der Waals surface area contributed by atoms with Crippen molar-refractivity contribution in [3.8, 4) is 17.2 Å². The molecule has 0 fully saturated rings. The zero-order valence-electron chi connectivity index (χ0n) is 12.6. The lowest BCUT2D eigenvalue weighted by molar-refractivity contribution is 0.210. The molecule has 0 aliphatic heterocycles. The second kappa shape index (κ2) is 7.61. The minimum atomic E-state index is -0.611. The fourth-order valence-electron chi connectivity index (χ4n) is 1.83. The summed E-state index contributed by atoms with van der Waals surface area (Å²) in [5, 5.41) is 2.66. The molecule has 0 spiro atoms. The Bertz CT molecular complexity index is 621. The van der Waals surface area contributed by atoms with Crippen LogP contribution in [0.5, 0.6) is 17.2 Å². The third kappa shape index (κ3) is 3.85. The summed E-state index contributed by atoms with van der Waals surface area (Å²) in [6, 6.07) is 12.6. The van der Waals surface area contributed by atoms with Gasteiger partial charge in [-0.15, -0.1) is 11.8 Å². The number of ether oxygens (including phenoxy) is 3. The van der Waals surface area contributed by atoms with E-state index in [9.17, 15) is 4.79 Å². The summed E-state index contributed by atoms with van der Waals surface area (Å²) >= 11 is 1.63. The van der Waals surface area contributed by atoms with Gasteiger partial charge in [0.2, 0.25) is 5.75 Å². The first-order valence-electron chi connectivity index (χ1n) is 6.51. The van der Waals surface area contributed by atoms with Crippen LogP contribution in [0.15, 0.2) is 47.4 Å². The van der Waals surface area contributed by atoms with Gasteiger partial charge >= 0.3 is 6.09 Å². The fourth-order valence-corrected chi connectivity index (χ4v) is 2.24. The first kappa shape index (κ1) is 16.0. The minimum Gasteiger partial charge on any atom is -0.493 e. The van der Waals surface area contributed by atoms with Gasteiger partial charge in [-0.25, -0.2) is 4.79 Å². The van der Waals surface area contributed by atoms with Crippen molar-refractivity contribution in [2.75, 3.05) is 25.8 Å². The van der Waals surface area contributed by atoms with Gasteiger partial charge in [0.15, 0.2) is 11.5 Å². The molecule has 0 aliphatic rings. The Hall–Kier alpha value is -2.34. The standard InChI is InChI=1S/C16H17NO4S/c1-19-13-5-4-6-14(20-2)15(13)21-16(18)17-11-7-9-12(22-3)10-8-11/h4-10H,1-3H3,(H,17,18). The molecule has 2 rings (SSSR count). The Morgan fingerprint density at radius 2 is 1.59 bits per heavy atom. The van der Waals surface area contributed by atoms with Crippen LogP contribution in [0.25, 0.3) is 0 Å². The highest BCUT2D eigenvalue weighted by atomic mass is 32.2. The fraction of sp³-hybridized carbons (Fsp3) is 0.188. The number of amides is 1. The van der Waals surface area contributed by atoms with Gasteiger partial charge in [-0.3, -0.25) is 5.32 Å². The van der Waals surface area contributed by atoms with Crippen LogP contribution in [0.2, 0.25) is 0 Å². The molecule has 6 heteroatoms. The number of carbonyl (C=O) groups is 1. The van der Waals surface area contributed by atoms with Crippen molar-refractivity contribution in [3.05, 3.63) is 42.5 Å². The third-order valence-electron chi connectivity index (χ3n) is 2.91. The van der Waals surface area contributed by atoms with Crippen LogP contribution >= 0.6 is 11.8 Å². The van der Waals surface area contributed by atoms with Gasteiger partial charge in [-0.1, -0.05) is 6.07 Å². The molecule has 0 atom stereocenters. The van der Waals surface area contributed by atoms with E-state index in [0.717, 1.165) is 4.90 Å². The van der Waals surface area contributed by atoms with Gasteiger partial charge in [0.25, 0.3) is 0 Å². The molecular formula is C16H17NO4S. The Kier molecular flexibility index (Phi) is 5.55. The summed E-state index contributed by atoms with van der Waals surface area (Å²) < 4.78 is 15.7. The second-order valence-electron chi connectivity index (χ2n) is 4.23. The summed E-state index contributed by atoms with van der Waals surface area (Å²) in [6.45, 7) is 0. The average Bonchev–Trinajstić information content (AvgIpc) is 2.55. The number of hydrogen-bond acceptors (Lipinski definition) is 5. The van der Waals surface area contributed by atoms with Crippen LogP contribution in [0.1, 0.15) is 0 Å². The van der Waals surface area contributed by atoms with Crippen LogP contribution in [0.4, 0.5) is 10.5 Å². The zero-order chi connectivity index (χ0) is 15.9. The number of rotatable bonds is 5. The van der Waals surface area contributed by atoms with Crippen LogP contribution in [-0.4, -0.2) is 26.6 Å². The molecule has 22 heavy (non-hydrogen) atoms. The summed E-state index contributed by atoms with van der Waals surface area (Å²) in [5.41, 5.74) is 0.650. The number of methoxy groups -OCH3 is 2. The Morgan fingerprint density at radius 1 is 1.00 bits per heavy atom. The third-order valence-corrected chi connectivity index (χ3v) is 3.66. The van der Waals surface area contributed by atoms with E-state index in [-0.39, 0.29) is 5.75 Å². The number of nitrogens with one attached hydrogen (secondary N) is 1. The Morgan fingerprint density at radius 3 is 2.09 bits per heavy atom. The van der Waals surface area contributed by atoms with Gasteiger partial charge < -0.3 is 14.2 Å². The lowest BCUT2D eigenvalue weighted by Gasteiger charge is -2.13. The maximum Gasteiger partial charge on any atom is 0.417 e. The molecule has 2 aromatic carbocycles. The van der Waals surface area contributed by atoms with Gasteiger partial charge in [0, 0.05) is 10.6 Å². The molecule has 0 unspecified atom stereocenters. The molecule has 0 heterocycles. The number of benzene rings is 2. The quantitative estimate of drug-likeness (QED) is 0.843. The Labute approximate surface area is 133 Å². The molecule has 1 N–H and O–H groups in total. The molecule has 0 bridgehead atoms. The van der Waals surface area contributed by atoms with Crippen molar-refractivity contribution in [2.24, 2.45) is 0 Å². The SMILES string of the molecule is COc1cccc(OC)c1OC(=O)Nc1ccc(SC)cc1. The monoisotopic (exact) mass is 319 g/mol. The maximum atomic E-state index is 12.0. The smallest absolute Gasteiger partial charge is 0.417 e. The van der Waals surface area contributed by atoms with E-state index >= 15 is 0 Å². The summed E-state index contributed by atoms with van der Waals surface area (Å²) in [5.74, 6) is 1.09. The molecule has 0 radical (unpaired) electrons. The zero-order valence-corrected chi connectivity index (χ0v) is 13.4. The average molecular weight is 319 g/mol. The first-order valence-corrected chi connectivity index (χ1v) is 7.74. The van der Waals surface area contributed by atoms with Crippen molar-refractivity contribution in [1.29, 1.82) is 0 Å². The van der Waals surface area contributed by atoms with Crippen LogP contribution in [0, 0.1) is 0 Å². The topological polar surface area (TPSA) is 56.8 Å². The lowest BCUT2D eigenvalue weighted by Crippen LogP contribution is -2.17. The molecule has 116 valence electrons. The number of thioether (sulfide) groups is 1. The maximum absolute atomic E-state index is 12.0. The second-order valence-corrected chi connectivity index (χ2v) is 5.11. The molecule has 1 amide bonds. The molecule has 0 saturated heterocycles.